The van der Waals surface area contributed by atoms with Crippen LogP contribution in [0.4, 0.5) is 5.82 Å². The molecular formula is C10H9ClN4. The number of hydrogen-bond donors (Lipinski definition) is 1. The Kier molecular flexibility index (Phi) is 2.51. The molecule has 0 fully saturated rings. The summed E-state index contributed by atoms with van der Waals surface area (Å²) < 4.78 is 0. The van der Waals surface area contributed by atoms with Gasteiger partial charge in [0.15, 0.2) is 0 Å². The molecule has 4 nitrogen and oxygen atoms in total. The third-order valence-electron chi connectivity index (χ3n) is 1.97. The molecule has 0 aromatic carbocycles. The van der Waals surface area contributed by atoms with Crippen LogP contribution in [0.5, 0.6) is 0 Å². The highest BCUT2D eigenvalue weighted by Gasteiger charge is 2.03. The molecule has 0 aliphatic heterocycles. The van der Waals surface area contributed by atoms with Crippen molar-refractivity contribution >= 4 is 17.4 Å². The number of rotatable bonds is 1. The first kappa shape index (κ1) is 9.86. The molecule has 0 amide bonds. The zero-order chi connectivity index (χ0) is 10.8. The summed E-state index contributed by atoms with van der Waals surface area (Å²) in [6.07, 6.45) is 4.82. The van der Waals surface area contributed by atoms with Gasteiger partial charge in [-0.05, 0) is 13.0 Å². The van der Waals surface area contributed by atoms with Crippen LogP contribution in [-0.2, 0) is 0 Å². The zero-order valence-corrected chi connectivity index (χ0v) is 8.86. The van der Waals surface area contributed by atoms with E-state index in [1.165, 1.54) is 6.20 Å². The fourth-order valence-corrected chi connectivity index (χ4v) is 1.33. The lowest BCUT2D eigenvalue weighted by atomic mass is 10.2. The topological polar surface area (TPSA) is 64.7 Å². The first-order chi connectivity index (χ1) is 7.16. The van der Waals surface area contributed by atoms with E-state index in [1.54, 1.807) is 18.5 Å². The van der Waals surface area contributed by atoms with Gasteiger partial charge in [0.05, 0.1) is 28.8 Å². The van der Waals surface area contributed by atoms with Gasteiger partial charge in [-0.3, -0.25) is 9.97 Å². The quantitative estimate of drug-likeness (QED) is 0.799. The molecule has 0 spiro atoms. The Morgan fingerprint density at radius 2 is 2.07 bits per heavy atom. The molecule has 0 aliphatic carbocycles. The summed E-state index contributed by atoms with van der Waals surface area (Å²) in [6.45, 7) is 1.84. The second-order valence-electron chi connectivity index (χ2n) is 3.12. The molecule has 2 heterocycles. The van der Waals surface area contributed by atoms with Crippen molar-refractivity contribution in [1.82, 2.24) is 15.0 Å². The summed E-state index contributed by atoms with van der Waals surface area (Å²) in [5, 5.41) is 0.608. The molecule has 5 heteroatoms. The summed E-state index contributed by atoms with van der Waals surface area (Å²) in [4.78, 5) is 12.2. The SMILES string of the molecule is Cc1ncc(-c2cncc(N)n2)cc1Cl. The number of hydrogen-bond acceptors (Lipinski definition) is 4. The van der Waals surface area contributed by atoms with Crippen LogP contribution in [-0.4, -0.2) is 15.0 Å². The second kappa shape index (κ2) is 3.82. The summed E-state index contributed by atoms with van der Waals surface area (Å²) in [5.41, 5.74) is 7.81. The van der Waals surface area contributed by atoms with Crippen molar-refractivity contribution in [3.63, 3.8) is 0 Å². The Bertz CT molecular complexity index is 499. The third kappa shape index (κ3) is 2.05. The lowest BCUT2D eigenvalue weighted by molar-refractivity contribution is 1.17. The molecule has 0 aliphatic rings. The molecule has 2 aromatic heterocycles. The number of aryl methyl sites for hydroxylation is 1. The number of pyridine rings is 1. The van der Waals surface area contributed by atoms with Gasteiger partial charge in [-0.15, -0.1) is 0 Å². The molecule has 0 bridgehead atoms. The number of nitrogen functional groups attached to an aromatic ring is 1. The van der Waals surface area contributed by atoms with Gasteiger partial charge in [0.2, 0.25) is 0 Å². The number of nitrogens with zero attached hydrogens (tertiary/aromatic N) is 3. The Morgan fingerprint density at radius 3 is 2.73 bits per heavy atom. The molecule has 0 atom stereocenters. The molecule has 0 saturated heterocycles. The van der Waals surface area contributed by atoms with E-state index in [-0.39, 0.29) is 0 Å². The fraction of sp³-hybridized carbons (Fsp3) is 0.100. The number of aromatic nitrogens is 3. The highest BCUT2D eigenvalue weighted by Crippen LogP contribution is 2.21. The number of anilines is 1. The van der Waals surface area contributed by atoms with Gasteiger partial charge >= 0.3 is 0 Å². The van der Waals surface area contributed by atoms with Crippen LogP contribution < -0.4 is 5.73 Å². The smallest absolute Gasteiger partial charge is 0.142 e. The Balaban J connectivity index is 2.50. The van der Waals surface area contributed by atoms with Gasteiger partial charge in [0, 0.05) is 11.8 Å². The Hall–Kier alpha value is -1.68. The summed E-state index contributed by atoms with van der Waals surface area (Å²) in [7, 11) is 0. The Morgan fingerprint density at radius 1 is 1.27 bits per heavy atom. The molecular weight excluding hydrogens is 212 g/mol. The van der Waals surface area contributed by atoms with Crippen molar-refractivity contribution in [3.8, 4) is 11.3 Å². The van der Waals surface area contributed by atoms with Crippen LogP contribution in [0.25, 0.3) is 11.3 Å². The van der Waals surface area contributed by atoms with Crippen LogP contribution in [0.3, 0.4) is 0 Å². The van der Waals surface area contributed by atoms with Crippen molar-refractivity contribution < 1.29 is 0 Å². The van der Waals surface area contributed by atoms with Crippen LogP contribution >= 0.6 is 11.6 Å². The minimum absolute atomic E-state index is 0.379. The molecule has 0 saturated carbocycles. The van der Waals surface area contributed by atoms with Crippen molar-refractivity contribution in [2.45, 2.75) is 6.92 Å². The van der Waals surface area contributed by atoms with E-state index in [9.17, 15) is 0 Å². The van der Waals surface area contributed by atoms with E-state index in [1.807, 2.05) is 6.92 Å². The number of nitrogens with two attached hydrogens (primary N) is 1. The zero-order valence-electron chi connectivity index (χ0n) is 8.11. The molecule has 76 valence electrons. The van der Waals surface area contributed by atoms with Gasteiger partial charge in [-0.2, -0.15) is 0 Å². The lowest BCUT2D eigenvalue weighted by Crippen LogP contribution is -1.94. The van der Waals surface area contributed by atoms with Gasteiger partial charge in [-0.25, -0.2) is 4.98 Å². The van der Waals surface area contributed by atoms with Crippen molar-refractivity contribution in [3.05, 3.63) is 35.4 Å². The van der Waals surface area contributed by atoms with Crippen molar-refractivity contribution in [2.75, 3.05) is 5.73 Å². The fourth-order valence-electron chi connectivity index (χ4n) is 1.17. The first-order valence-corrected chi connectivity index (χ1v) is 4.74. The maximum atomic E-state index is 5.96. The highest BCUT2D eigenvalue weighted by atomic mass is 35.5. The highest BCUT2D eigenvalue weighted by molar-refractivity contribution is 6.31. The molecule has 15 heavy (non-hydrogen) atoms. The summed E-state index contributed by atoms with van der Waals surface area (Å²) in [5.74, 6) is 0.379. The monoisotopic (exact) mass is 220 g/mol. The van der Waals surface area contributed by atoms with E-state index in [2.05, 4.69) is 15.0 Å². The van der Waals surface area contributed by atoms with Gasteiger partial charge in [-0.1, -0.05) is 11.6 Å². The minimum Gasteiger partial charge on any atom is -0.382 e. The standard InChI is InChI=1S/C10H9ClN4/c1-6-8(11)2-7(3-14-6)9-4-13-5-10(12)15-9/h2-5H,1H3,(H2,12,15). The normalized spacial score (nSPS) is 10.3. The predicted octanol–water partition coefficient (Wildman–Crippen LogP) is 2.08. The van der Waals surface area contributed by atoms with E-state index in [4.69, 9.17) is 17.3 Å². The molecule has 2 rings (SSSR count). The number of halogens is 1. The maximum Gasteiger partial charge on any atom is 0.142 e. The Labute approximate surface area is 92.2 Å². The van der Waals surface area contributed by atoms with Crippen LogP contribution in [0.1, 0.15) is 5.69 Å². The van der Waals surface area contributed by atoms with Gasteiger partial charge < -0.3 is 5.73 Å². The average Bonchev–Trinajstić information content (AvgIpc) is 2.22. The average molecular weight is 221 g/mol. The van der Waals surface area contributed by atoms with E-state index in [0.717, 1.165) is 11.3 Å². The third-order valence-corrected chi connectivity index (χ3v) is 2.36. The first-order valence-electron chi connectivity index (χ1n) is 4.37. The van der Waals surface area contributed by atoms with Crippen molar-refractivity contribution in [1.29, 1.82) is 0 Å². The largest absolute Gasteiger partial charge is 0.382 e. The van der Waals surface area contributed by atoms with Gasteiger partial charge in [0.1, 0.15) is 5.82 Å². The molecule has 2 aromatic rings. The van der Waals surface area contributed by atoms with Crippen LogP contribution in [0, 0.1) is 6.92 Å². The molecule has 2 N–H and O–H groups in total. The van der Waals surface area contributed by atoms with E-state index >= 15 is 0 Å². The van der Waals surface area contributed by atoms with Crippen LogP contribution in [0.2, 0.25) is 5.02 Å². The van der Waals surface area contributed by atoms with E-state index < -0.39 is 0 Å². The predicted molar refractivity (Wildman–Crippen MR) is 59.4 cm³/mol. The van der Waals surface area contributed by atoms with Gasteiger partial charge in [0.25, 0.3) is 0 Å². The van der Waals surface area contributed by atoms with Crippen LogP contribution in [0.15, 0.2) is 24.7 Å². The minimum atomic E-state index is 0.379. The lowest BCUT2D eigenvalue weighted by Gasteiger charge is -2.02. The molecule has 0 radical (unpaired) electrons. The summed E-state index contributed by atoms with van der Waals surface area (Å²) in [6, 6.07) is 1.80. The summed E-state index contributed by atoms with van der Waals surface area (Å²) >= 11 is 5.96. The van der Waals surface area contributed by atoms with Crippen molar-refractivity contribution in [2.24, 2.45) is 0 Å². The maximum absolute atomic E-state index is 5.96. The van der Waals surface area contributed by atoms with E-state index in [0.29, 0.717) is 16.5 Å². The molecule has 0 unspecified atom stereocenters. The second-order valence-corrected chi connectivity index (χ2v) is 3.53.